The maximum absolute atomic E-state index is 12.0. The predicted molar refractivity (Wildman–Crippen MR) is 102 cm³/mol. The smallest absolute Gasteiger partial charge is 0.233 e. The molecular formula is C18H20BrN3O2. The van der Waals surface area contributed by atoms with Crippen molar-refractivity contribution >= 4 is 44.8 Å². The molecule has 0 unspecified atom stereocenters. The Bertz CT molecular complexity index is 742. The Balaban J connectivity index is 1.90. The summed E-state index contributed by atoms with van der Waals surface area (Å²) in [6, 6.07) is 13.0. The van der Waals surface area contributed by atoms with Crippen LogP contribution in [-0.2, 0) is 9.59 Å². The standard InChI is InChI=1S/C18H20BrN3O2/c1-12-10-13(19)4-9-16(12)21-18(24)11-17(23)20-14-5-7-15(8-6-14)22(2)3/h4-10H,11H2,1-3H3,(H,20,23)(H,21,24). The van der Waals surface area contributed by atoms with E-state index in [1.54, 1.807) is 6.07 Å². The largest absolute Gasteiger partial charge is 0.378 e. The topological polar surface area (TPSA) is 61.4 Å². The highest BCUT2D eigenvalue weighted by atomic mass is 79.9. The third-order valence-electron chi connectivity index (χ3n) is 3.45. The van der Waals surface area contributed by atoms with Crippen molar-refractivity contribution in [3.05, 3.63) is 52.5 Å². The Morgan fingerprint density at radius 2 is 1.62 bits per heavy atom. The first kappa shape index (κ1) is 18.0. The van der Waals surface area contributed by atoms with Crippen molar-refractivity contribution in [1.82, 2.24) is 0 Å². The molecule has 2 N–H and O–H groups in total. The lowest BCUT2D eigenvalue weighted by Crippen LogP contribution is -2.21. The fourth-order valence-corrected chi connectivity index (χ4v) is 2.63. The van der Waals surface area contributed by atoms with Crippen LogP contribution in [0.25, 0.3) is 0 Å². The molecule has 0 heterocycles. The van der Waals surface area contributed by atoms with E-state index in [1.807, 2.05) is 62.3 Å². The summed E-state index contributed by atoms with van der Waals surface area (Å²) < 4.78 is 0.942. The minimum absolute atomic E-state index is 0.231. The normalized spacial score (nSPS) is 10.2. The van der Waals surface area contributed by atoms with Gasteiger partial charge in [0.1, 0.15) is 6.42 Å². The van der Waals surface area contributed by atoms with Crippen LogP contribution in [-0.4, -0.2) is 25.9 Å². The molecule has 24 heavy (non-hydrogen) atoms. The van der Waals surface area contributed by atoms with Crippen LogP contribution in [0.2, 0.25) is 0 Å². The third-order valence-corrected chi connectivity index (χ3v) is 3.94. The van der Waals surface area contributed by atoms with Crippen LogP contribution in [0, 0.1) is 6.92 Å². The Kier molecular flexibility index (Phi) is 5.98. The van der Waals surface area contributed by atoms with Crippen LogP contribution in [0.1, 0.15) is 12.0 Å². The molecule has 0 radical (unpaired) electrons. The molecule has 0 aliphatic heterocycles. The van der Waals surface area contributed by atoms with E-state index in [2.05, 4.69) is 26.6 Å². The van der Waals surface area contributed by atoms with Crippen LogP contribution in [0.4, 0.5) is 17.1 Å². The van der Waals surface area contributed by atoms with Crippen molar-refractivity contribution < 1.29 is 9.59 Å². The van der Waals surface area contributed by atoms with Crippen molar-refractivity contribution in [1.29, 1.82) is 0 Å². The fraction of sp³-hybridized carbons (Fsp3) is 0.222. The molecule has 0 fully saturated rings. The molecule has 0 saturated heterocycles. The molecule has 0 saturated carbocycles. The Hall–Kier alpha value is -2.34. The summed E-state index contributed by atoms with van der Waals surface area (Å²) in [6.45, 7) is 1.90. The zero-order valence-corrected chi connectivity index (χ0v) is 15.5. The van der Waals surface area contributed by atoms with Gasteiger partial charge in [-0.25, -0.2) is 0 Å². The van der Waals surface area contributed by atoms with E-state index in [-0.39, 0.29) is 18.2 Å². The molecule has 2 aromatic rings. The van der Waals surface area contributed by atoms with Gasteiger partial charge in [0.25, 0.3) is 0 Å². The Morgan fingerprint density at radius 1 is 1.00 bits per heavy atom. The molecule has 0 aliphatic rings. The number of halogens is 1. The summed E-state index contributed by atoms with van der Waals surface area (Å²) in [7, 11) is 3.89. The molecule has 2 amide bonds. The lowest BCUT2D eigenvalue weighted by atomic mass is 10.2. The highest BCUT2D eigenvalue weighted by Gasteiger charge is 2.11. The van der Waals surface area contributed by atoms with Gasteiger partial charge in [-0.2, -0.15) is 0 Å². The van der Waals surface area contributed by atoms with Crippen LogP contribution < -0.4 is 15.5 Å². The second kappa shape index (κ2) is 7.97. The molecule has 0 spiro atoms. The summed E-state index contributed by atoms with van der Waals surface area (Å²) in [4.78, 5) is 26.0. The van der Waals surface area contributed by atoms with Crippen molar-refractivity contribution in [2.45, 2.75) is 13.3 Å². The lowest BCUT2D eigenvalue weighted by molar-refractivity contribution is -0.123. The predicted octanol–water partition coefficient (Wildman–Crippen LogP) is 3.79. The Morgan fingerprint density at radius 3 is 2.21 bits per heavy atom. The van der Waals surface area contributed by atoms with Crippen molar-refractivity contribution in [2.75, 3.05) is 29.6 Å². The average Bonchev–Trinajstić information content (AvgIpc) is 2.50. The van der Waals surface area contributed by atoms with Gasteiger partial charge in [0.2, 0.25) is 11.8 Å². The van der Waals surface area contributed by atoms with E-state index in [4.69, 9.17) is 0 Å². The van der Waals surface area contributed by atoms with Gasteiger partial charge < -0.3 is 15.5 Å². The molecular weight excluding hydrogens is 370 g/mol. The van der Waals surface area contributed by atoms with Crippen molar-refractivity contribution in [2.24, 2.45) is 0 Å². The first-order valence-electron chi connectivity index (χ1n) is 7.48. The van der Waals surface area contributed by atoms with Gasteiger partial charge in [0.05, 0.1) is 0 Å². The lowest BCUT2D eigenvalue weighted by Gasteiger charge is -2.13. The molecule has 126 valence electrons. The summed E-state index contributed by atoms with van der Waals surface area (Å²) in [5.74, 6) is -0.692. The molecule has 0 aromatic heterocycles. The second-order valence-corrected chi connectivity index (χ2v) is 6.59. The SMILES string of the molecule is Cc1cc(Br)ccc1NC(=O)CC(=O)Nc1ccc(N(C)C)cc1. The van der Waals surface area contributed by atoms with E-state index in [0.29, 0.717) is 11.4 Å². The number of hydrogen-bond donors (Lipinski definition) is 2. The molecule has 2 rings (SSSR count). The number of hydrogen-bond acceptors (Lipinski definition) is 3. The van der Waals surface area contributed by atoms with Gasteiger partial charge >= 0.3 is 0 Å². The minimum atomic E-state index is -0.347. The highest BCUT2D eigenvalue weighted by Crippen LogP contribution is 2.20. The molecule has 2 aromatic carbocycles. The number of nitrogens with one attached hydrogen (secondary N) is 2. The molecule has 0 atom stereocenters. The fourth-order valence-electron chi connectivity index (χ4n) is 2.16. The van der Waals surface area contributed by atoms with Gasteiger partial charge in [-0.1, -0.05) is 15.9 Å². The number of benzene rings is 2. The number of amides is 2. The first-order valence-corrected chi connectivity index (χ1v) is 8.27. The molecule has 5 nitrogen and oxygen atoms in total. The maximum atomic E-state index is 12.0. The summed E-state index contributed by atoms with van der Waals surface area (Å²) in [5, 5.41) is 5.47. The average molecular weight is 390 g/mol. The van der Waals surface area contributed by atoms with E-state index < -0.39 is 0 Å². The molecule has 0 aliphatic carbocycles. The van der Waals surface area contributed by atoms with Crippen LogP contribution >= 0.6 is 15.9 Å². The number of rotatable bonds is 5. The van der Waals surface area contributed by atoms with Crippen molar-refractivity contribution in [3.63, 3.8) is 0 Å². The monoisotopic (exact) mass is 389 g/mol. The summed E-state index contributed by atoms with van der Waals surface area (Å²) in [5.41, 5.74) is 3.33. The summed E-state index contributed by atoms with van der Waals surface area (Å²) in [6.07, 6.45) is -0.231. The van der Waals surface area contributed by atoms with E-state index in [1.165, 1.54) is 0 Å². The van der Waals surface area contributed by atoms with Crippen LogP contribution in [0.15, 0.2) is 46.9 Å². The van der Waals surface area contributed by atoms with Crippen molar-refractivity contribution in [3.8, 4) is 0 Å². The quantitative estimate of drug-likeness (QED) is 0.764. The van der Waals surface area contributed by atoms with Gasteiger partial charge in [0.15, 0.2) is 0 Å². The first-order chi connectivity index (χ1) is 11.3. The number of anilines is 3. The second-order valence-electron chi connectivity index (χ2n) is 5.67. The Labute approximate surface area is 150 Å². The van der Waals surface area contributed by atoms with E-state index >= 15 is 0 Å². The number of carbonyl (C=O) groups is 2. The minimum Gasteiger partial charge on any atom is -0.378 e. The van der Waals surface area contributed by atoms with E-state index in [0.717, 1.165) is 15.7 Å². The van der Waals surface area contributed by atoms with E-state index in [9.17, 15) is 9.59 Å². The zero-order chi connectivity index (χ0) is 17.7. The number of carbonyl (C=O) groups excluding carboxylic acids is 2. The maximum Gasteiger partial charge on any atom is 0.233 e. The summed E-state index contributed by atoms with van der Waals surface area (Å²) >= 11 is 3.37. The highest BCUT2D eigenvalue weighted by molar-refractivity contribution is 9.10. The zero-order valence-electron chi connectivity index (χ0n) is 13.9. The van der Waals surface area contributed by atoms with Gasteiger partial charge in [-0.05, 0) is 55.0 Å². The molecule has 6 heteroatoms. The van der Waals surface area contributed by atoms with Crippen LogP contribution in [0.5, 0.6) is 0 Å². The molecule has 0 bridgehead atoms. The van der Waals surface area contributed by atoms with Gasteiger partial charge in [-0.15, -0.1) is 0 Å². The van der Waals surface area contributed by atoms with Gasteiger partial charge in [-0.3, -0.25) is 9.59 Å². The third kappa shape index (κ3) is 5.09. The van der Waals surface area contributed by atoms with Gasteiger partial charge in [0, 0.05) is 35.6 Å². The number of nitrogens with zero attached hydrogens (tertiary/aromatic N) is 1. The van der Waals surface area contributed by atoms with Crippen LogP contribution in [0.3, 0.4) is 0 Å². The number of aryl methyl sites for hydroxylation is 1.